The van der Waals surface area contributed by atoms with Crippen molar-refractivity contribution >= 4 is 11.7 Å². The monoisotopic (exact) mass is 263 g/mol. The second-order valence-corrected chi connectivity index (χ2v) is 5.20. The van der Waals surface area contributed by atoms with Crippen LogP contribution in [0, 0.1) is 6.92 Å². The smallest absolute Gasteiger partial charge is 0.338 e. The Morgan fingerprint density at radius 1 is 1.26 bits per heavy atom. The summed E-state index contributed by atoms with van der Waals surface area (Å²) in [6.45, 7) is 6.05. The number of unbranched alkanes of at least 4 members (excludes halogenated alkanes) is 3. The fourth-order valence-corrected chi connectivity index (χ4v) is 2.10. The standard InChI is InChI=1S/C16H25NO2/c1-4-5-6-7-8-13(3)19-16(18)14-9-12(2)10-15(17)11-14/h9-11,13H,4-8,17H2,1-3H3. The van der Waals surface area contributed by atoms with E-state index in [1.165, 1.54) is 19.3 Å². The molecule has 106 valence electrons. The van der Waals surface area contributed by atoms with Crippen molar-refractivity contribution in [2.75, 3.05) is 5.73 Å². The number of carbonyl (C=O) groups excluding carboxylic acids is 1. The van der Waals surface area contributed by atoms with Crippen LogP contribution in [0.25, 0.3) is 0 Å². The van der Waals surface area contributed by atoms with Crippen molar-refractivity contribution in [2.24, 2.45) is 0 Å². The number of carbonyl (C=O) groups is 1. The number of rotatable bonds is 7. The highest BCUT2D eigenvalue weighted by molar-refractivity contribution is 5.90. The van der Waals surface area contributed by atoms with Crippen LogP contribution in [0.3, 0.4) is 0 Å². The molecule has 0 radical (unpaired) electrons. The molecule has 3 nitrogen and oxygen atoms in total. The lowest BCUT2D eigenvalue weighted by Crippen LogP contribution is -2.15. The van der Waals surface area contributed by atoms with Gasteiger partial charge in [0.05, 0.1) is 11.7 Å². The second-order valence-electron chi connectivity index (χ2n) is 5.20. The van der Waals surface area contributed by atoms with E-state index in [0.29, 0.717) is 11.3 Å². The van der Waals surface area contributed by atoms with Crippen molar-refractivity contribution < 1.29 is 9.53 Å². The van der Waals surface area contributed by atoms with Gasteiger partial charge in [-0.1, -0.05) is 26.2 Å². The Bertz CT molecular complexity index is 395. The molecule has 0 aliphatic rings. The van der Waals surface area contributed by atoms with E-state index in [4.69, 9.17) is 10.5 Å². The minimum Gasteiger partial charge on any atom is -0.459 e. The number of aryl methyl sites for hydroxylation is 1. The maximum Gasteiger partial charge on any atom is 0.338 e. The lowest BCUT2D eigenvalue weighted by Gasteiger charge is -2.13. The van der Waals surface area contributed by atoms with Crippen molar-refractivity contribution in [1.82, 2.24) is 0 Å². The number of esters is 1. The summed E-state index contributed by atoms with van der Waals surface area (Å²) in [5.41, 5.74) is 7.85. The molecule has 0 aliphatic carbocycles. The topological polar surface area (TPSA) is 52.3 Å². The minimum absolute atomic E-state index is 0.0360. The maximum absolute atomic E-state index is 12.0. The van der Waals surface area contributed by atoms with Gasteiger partial charge < -0.3 is 10.5 Å². The number of benzene rings is 1. The summed E-state index contributed by atoms with van der Waals surface area (Å²) in [5.74, 6) is -0.279. The molecule has 1 aromatic carbocycles. The van der Waals surface area contributed by atoms with Crippen LogP contribution in [0.1, 0.15) is 61.9 Å². The van der Waals surface area contributed by atoms with Crippen molar-refractivity contribution in [3.63, 3.8) is 0 Å². The molecule has 1 aromatic rings. The summed E-state index contributed by atoms with van der Waals surface area (Å²) in [5, 5.41) is 0. The van der Waals surface area contributed by atoms with E-state index in [2.05, 4.69) is 6.92 Å². The van der Waals surface area contributed by atoms with E-state index in [9.17, 15) is 4.79 Å². The number of hydrogen-bond acceptors (Lipinski definition) is 3. The number of nitrogens with two attached hydrogens (primary N) is 1. The molecular weight excluding hydrogens is 238 g/mol. The van der Waals surface area contributed by atoms with Crippen LogP contribution in [0.5, 0.6) is 0 Å². The molecule has 0 aliphatic heterocycles. The third-order valence-electron chi connectivity index (χ3n) is 3.11. The highest BCUT2D eigenvalue weighted by Gasteiger charge is 2.12. The van der Waals surface area contributed by atoms with Crippen LogP contribution in [0.15, 0.2) is 18.2 Å². The Morgan fingerprint density at radius 3 is 2.63 bits per heavy atom. The summed E-state index contributed by atoms with van der Waals surface area (Å²) in [6, 6.07) is 5.31. The van der Waals surface area contributed by atoms with Gasteiger partial charge in [-0.05, 0) is 50.5 Å². The molecule has 0 spiro atoms. The average Bonchev–Trinajstić information content (AvgIpc) is 2.33. The molecule has 0 saturated heterocycles. The fourth-order valence-electron chi connectivity index (χ4n) is 2.10. The van der Waals surface area contributed by atoms with Gasteiger partial charge in [0.1, 0.15) is 0 Å². The molecule has 0 heterocycles. The third kappa shape index (κ3) is 5.77. The molecule has 0 amide bonds. The predicted octanol–water partition coefficient (Wildman–Crippen LogP) is 4.09. The van der Waals surface area contributed by atoms with Crippen molar-refractivity contribution in [1.29, 1.82) is 0 Å². The SMILES string of the molecule is CCCCCCC(C)OC(=O)c1cc(C)cc(N)c1. The first kappa shape index (κ1) is 15.5. The van der Waals surface area contributed by atoms with Gasteiger partial charge in [-0.2, -0.15) is 0 Å². The second kappa shape index (κ2) is 7.82. The number of hydrogen-bond donors (Lipinski definition) is 1. The summed E-state index contributed by atoms with van der Waals surface area (Å²) >= 11 is 0. The lowest BCUT2D eigenvalue weighted by molar-refractivity contribution is 0.0319. The van der Waals surface area contributed by atoms with Gasteiger partial charge >= 0.3 is 5.97 Å². The quantitative estimate of drug-likeness (QED) is 0.458. The van der Waals surface area contributed by atoms with Gasteiger partial charge in [0.2, 0.25) is 0 Å². The highest BCUT2D eigenvalue weighted by Crippen LogP contribution is 2.15. The first-order valence-electron chi connectivity index (χ1n) is 7.11. The summed E-state index contributed by atoms with van der Waals surface area (Å²) in [4.78, 5) is 12.0. The Hall–Kier alpha value is -1.51. The van der Waals surface area contributed by atoms with Gasteiger partial charge in [0.15, 0.2) is 0 Å². The first-order valence-corrected chi connectivity index (χ1v) is 7.11. The summed E-state index contributed by atoms with van der Waals surface area (Å²) < 4.78 is 5.43. The van der Waals surface area contributed by atoms with Crippen molar-refractivity contribution in [3.05, 3.63) is 29.3 Å². The van der Waals surface area contributed by atoms with Crippen LogP contribution < -0.4 is 5.73 Å². The molecule has 1 rings (SSSR count). The largest absolute Gasteiger partial charge is 0.459 e. The minimum atomic E-state index is -0.279. The Balaban J connectivity index is 2.45. The molecule has 19 heavy (non-hydrogen) atoms. The number of ether oxygens (including phenoxy) is 1. The van der Waals surface area contributed by atoms with Crippen LogP contribution in [0.4, 0.5) is 5.69 Å². The fraction of sp³-hybridized carbons (Fsp3) is 0.562. The van der Waals surface area contributed by atoms with E-state index >= 15 is 0 Å². The van der Waals surface area contributed by atoms with Gasteiger partial charge in [-0.3, -0.25) is 0 Å². The zero-order valence-electron chi connectivity index (χ0n) is 12.2. The van der Waals surface area contributed by atoms with E-state index in [-0.39, 0.29) is 12.1 Å². The van der Waals surface area contributed by atoms with E-state index in [1.54, 1.807) is 6.07 Å². The number of nitrogen functional groups attached to an aromatic ring is 1. The summed E-state index contributed by atoms with van der Waals surface area (Å²) in [6.07, 6.45) is 5.67. The van der Waals surface area contributed by atoms with Crippen LogP contribution in [0.2, 0.25) is 0 Å². The van der Waals surface area contributed by atoms with E-state index < -0.39 is 0 Å². The normalized spacial score (nSPS) is 12.2. The molecule has 0 fully saturated rings. The van der Waals surface area contributed by atoms with Gasteiger partial charge in [0, 0.05) is 5.69 Å². The molecule has 0 aromatic heterocycles. The Labute approximate surface area is 116 Å². The predicted molar refractivity (Wildman–Crippen MR) is 79.2 cm³/mol. The maximum atomic E-state index is 12.0. The number of anilines is 1. The first-order chi connectivity index (χ1) is 9.02. The third-order valence-corrected chi connectivity index (χ3v) is 3.11. The Kier molecular flexibility index (Phi) is 6.40. The zero-order chi connectivity index (χ0) is 14.3. The molecule has 0 saturated carbocycles. The zero-order valence-corrected chi connectivity index (χ0v) is 12.2. The average molecular weight is 263 g/mol. The van der Waals surface area contributed by atoms with Gasteiger partial charge in [0.25, 0.3) is 0 Å². The molecule has 0 bridgehead atoms. The van der Waals surface area contributed by atoms with E-state index in [1.807, 2.05) is 26.0 Å². The van der Waals surface area contributed by atoms with Crippen molar-refractivity contribution in [3.8, 4) is 0 Å². The van der Waals surface area contributed by atoms with E-state index in [0.717, 1.165) is 18.4 Å². The van der Waals surface area contributed by atoms with Gasteiger partial charge in [-0.25, -0.2) is 4.79 Å². The summed E-state index contributed by atoms with van der Waals surface area (Å²) in [7, 11) is 0. The van der Waals surface area contributed by atoms with Crippen LogP contribution >= 0.6 is 0 Å². The molecule has 1 unspecified atom stereocenters. The highest BCUT2D eigenvalue weighted by atomic mass is 16.5. The molecule has 3 heteroatoms. The lowest BCUT2D eigenvalue weighted by atomic mass is 10.1. The molecule has 1 atom stereocenters. The van der Waals surface area contributed by atoms with Crippen LogP contribution in [-0.2, 0) is 4.74 Å². The van der Waals surface area contributed by atoms with Crippen molar-refractivity contribution in [2.45, 2.75) is 59.0 Å². The van der Waals surface area contributed by atoms with Crippen LogP contribution in [-0.4, -0.2) is 12.1 Å². The molecule has 2 N–H and O–H groups in total. The molecular formula is C16H25NO2. The Morgan fingerprint density at radius 2 is 2.00 bits per heavy atom. The van der Waals surface area contributed by atoms with Gasteiger partial charge in [-0.15, -0.1) is 0 Å².